The number of ether oxygens (including phenoxy) is 2. The first-order valence-electron chi connectivity index (χ1n) is 13.7. The Morgan fingerprint density at radius 1 is 0.857 bits per heavy atom. The fourth-order valence-electron chi connectivity index (χ4n) is 5.19. The molecular formula is C34H32N2O6. The van der Waals surface area contributed by atoms with Crippen LogP contribution in [0.2, 0.25) is 0 Å². The molecule has 0 fully saturated rings. The standard InChI is InChI=1S/C34H32N2O6/c1-21-18-24(32(37)36-31(33(38)39)22(2)41-19-23-10-4-3-5-11-23)16-17-30(21)35-34(40)42-20-29-27-14-8-6-12-25(27)26-13-7-9-15-28(26)29/h3-18,22,29,31H,19-20H2,1-2H3,(H,35,40)(H,36,37)(H,38,39)/t22-,31+/m1/s1. The van der Waals surface area contributed by atoms with Gasteiger partial charge in [-0.2, -0.15) is 0 Å². The van der Waals surface area contributed by atoms with Gasteiger partial charge in [0.1, 0.15) is 6.61 Å². The number of carbonyl (C=O) groups is 3. The van der Waals surface area contributed by atoms with Gasteiger partial charge in [-0.25, -0.2) is 9.59 Å². The number of fused-ring (bicyclic) bond motifs is 3. The Bertz CT molecular complexity index is 1560. The number of carbonyl (C=O) groups excluding carboxylic acids is 2. The minimum atomic E-state index is -1.25. The van der Waals surface area contributed by atoms with Crippen LogP contribution in [0.25, 0.3) is 11.1 Å². The number of hydrogen-bond donors (Lipinski definition) is 3. The van der Waals surface area contributed by atoms with Crippen molar-refractivity contribution in [3.8, 4) is 11.1 Å². The van der Waals surface area contributed by atoms with Crippen molar-refractivity contribution in [3.63, 3.8) is 0 Å². The van der Waals surface area contributed by atoms with E-state index in [4.69, 9.17) is 9.47 Å². The van der Waals surface area contributed by atoms with Crippen molar-refractivity contribution in [1.29, 1.82) is 0 Å². The topological polar surface area (TPSA) is 114 Å². The minimum Gasteiger partial charge on any atom is -0.480 e. The molecule has 4 aromatic carbocycles. The third-order valence-electron chi connectivity index (χ3n) is 7.45. The zero-order chi connectivity index (χ0) is 29.6. The average molecular weight is 565 g/mol. The lowest BCUT2D eigenvalue weighted by Crippen LogP contribution is -2.48. The number of carboxylic acids is 1. The van der Waals surface area contributed by atoms with Gasteiger partial charge in [0.2, 0.25) is 0 Å². The summed E-state index contributed by atoms with van der Waals surface area (Å²) in [5, 5.41) is 15.0. The lowest BCUT2D eigenvalue weighted by molar-refractivity contribution is -0.143. The molecule has 0 radical (unpaired) electrons. The number of amides is 2. The number of aliphatic carboxylic acids is 1. The van der Waals surface area contributed by atoms with E-state index in [1.54, 1.807) is 26.0 Å². The Kier molecular flexibility index (Phi) is 8.64. The molecular weight excluding hydrogens is 532 g/mol. The van der Waals surface area contributed by atoms with Crippen molar-refractivity contribution in [1.82, 2.24) is 5.32 Å². The van der Waals surface area contributed by atoms with E-state index in [-0.39, 0.29) is 24.7 Å². The maximum atomic E-state index is 12.9. The zero-order valence-electron chi connectivity index (χ0n) is 23.4. The van der Waals surface area contributed by atoms with E-state index in [2.05, 4.69) is 34.9 Å². The number of hydrogen-bond acceptors (Lipinski definition) is 5. The third-order valence-corrected chi connectivity index (χ3v) is 7.45. The molecule has 42 heavy (non-hydrogen) atoms. The first-order chi connectivity index (χ1) is 20.3. The van der Waals surface area contributed by atoms with Crippen molar-refractivity contribution >= 4 is 23.7 Å². The second-order valence-electron chi connectivity index (χ2n) is 10.3. The summed E-state index contributed by atoms with van der Waals surface area (Å²) in [6, 6.07) is 29.1. The van der Waals surface area contributed by atoms with Crippen LogP contribution < -0.4 is 10.6 Å². The molecule has 4 aromatic rings. The quantitative estimate of drug-likeness (QED) is 0.213. The Morgan fingerprint density at radius 3 is 2.10 bits per heavy atom. The summed E-state index contributed by atoms with van der Waals surface area (Å²) < 4.78 is 11.3. The van der Waals surface area contributed by atoms with Crippen LogP contribution in [0, 0.1) is 6.92 Å². The van der Waals surface area contributed by atoms with Crippen molar-refractivity contribution in [2.45, 2.75) is 38.5 Å². The van der Waals surface area contributed by atoms with Gasteiger partial charge < -0.3 is 19.9 Å². The molecule has 5 rings (SSSR count). The molecule has 0 bridgehead atoms. The van der Waals surface area contributed by atoms with Gasteiger partial charge in [-0.15, -0.1) is 0 Å². The molecule has 0 aromatic heterocycles. The first kappa shape index (κ1) is 28.6. The maximum Gasteiger partial charge on any atom is 0.411 e. The van der Waals surface area contributed by atoms with E-state index in [9.17, 15) is 19.5 Å². The summed E-state index contributed by atoms with van der Waals surface area (Å²) in [4.78, 5) is 37.6. The Labute approximate surface area is 244 Å². The van der Waals surface area contributed by atoms with Gasteiger partial charge in [-0.3, -0.25) is 10.1 Å². The van der Waals surface area contributed by atoms with Gasteiger partial charge in [0.25, 0.3) is 5.91 Å². The number of nitrogens with one attached hydrogen (secondary N) is 2. The Morgan fingerprint density at radius 2 is 1.48 bits per heavy atom. The number of benzene rings is 4. The van der Waals surface area contributed by atoms with E-state index < -0.39 is 30.1 Å². The van der Waals surface area contributed by atoms with Crippen LogP contribution >= 0.6 is 0 Å². The Hall–Kier alpha value is -4.95. The highest BCUT2D eigenvalue weighted by Crippen LogP contribution is 2.44. The van der Waals surface area contributed by atoms with Gasteiger partial charge in [0, 0.05) is 17.2 Å². The van der Waals surface area contributed by atoms with Crippen LogP contribution in [-0.2, 0) is 20.9 Å². The molecule has 1 aliphatic carbocycles. The minimum absolute atomic E-state index is 0.0587. The van der Waals surface area contributed by atoms with Crippen molar-refractivity contribution in [3.05, 3.63) is 125 Å². The van der Waals surface area contributed by atoms with Crippen molar-refractivity contribution < 1.29 is 29.0 Å². The summed E-state index contributed by atoms with van der Waals surface area (Å²) in [7, 11) is 0. The molecule has 0 heterocycles. The summed E-state index contributed by atoms with van der Waals surface area (Å²) >= 11 is 0. The van der Waals surface area contributed by atoms with E-state index in [0.29, 0.717) is 11.3 Å². The lowest BCUT2D eigenvalue weighted by Gasteiger charge is -2.22. The molecule has 0 saturated carbocycles. The maximum absolute atomic E-state index is 12.9. The molecule has 214 valence electrons. The first-order valence-corrected chi connectivity index (χ1v) is 13.7. The molecule has 0 saturated heterocycles. The highest BCUT2D eigenvalue weighted by atomic mass is 16.5. The Balaban J connectivity index is 1.18. The molecule has 0 aliphatic heterocycles. The number of anilines is 1. The van der Waals surface area contributed by atoms with Gasteiger partial charge in [0.05, 0.1) is 12.7 Å². The molecule has 2 amide bonds. The highest BCUT2D eigenvalue weighted by molar-refractivity contribution is 5.98. The summed E-state index contributed by atoms with van der Waals surface area (Å²) in [6.45, 7) is 3.75. The van der Waals surface area contributed by atoms with Gasteiger partial charge in [-0.05, 0) is 65.4 Å². The molecule has 3 N–H and O–H groups in total. The van der Waals surface area contributed by atoms with Gasteiger partial charge in [-0.1, -0.05) is 78.9 Å². The summed E-state index contributed by atoms with van der Waals surface area (Å²) in [5.41, 5.74) is 6.80. The van der Waals surface area contributed by atoms with Crippen molar-refractivity contribution in [2.24, 2.45) is 0 Å². The fourth-order valence-corrected chi connectivity index (χ4v) is 5.19. The second-order valence-corrected chi connectivity index (χ2v) is 10.3. The van der Waals surface area contributed by atoms with Crippen LogP contribution in [0.5, 0.6) is 0 Å². The smallest absolute Gasteiger partial charge is 0.411 e. The zero-order valence-corrected chi connectivity index (χ0v) is 23.4. The number of carboxylic acid groups (broad SMARTS) is 1. The predicted molar refractivity (Wildman–Crippen MR) is 159 cm³/mol. The van der Waals surface area contributed by atoms with Crippen LogP contribution in [-0.4, -0.2) is 41.8 Å². The normalized spacial score (nSPS) is 13.4. The molecule has 0 spiro atoms. The van der Waals surface area contributed by atoms with E-state index in [0.717, 1.165) is 27.8 Å². The predicted octanol–water partition coefficient (Wildman–Crippen LogP) is 6.14. The third kappa shape index (κ3) is 6.34. The fraction of sp³-hybridized carbons (Fsp3) is 0.206. The van der Waals surface area contributed by atoms with E-state index in [1.807, 2.05) is 54.6 Å². The summed E-state index contributed by atoms with van der Waals surface area (Å²) in [5.74, 6) is -1.82. The SMILES string of the molecule is Cc1cc(C(=O)N[C@H](C(=O)O)[C@@H](C)OCc2ccccc2)ccc1NC(=O)OCC1c2ccccc2-c2ccccc21. The van der Waals surface area contributed by atoms with Crippen LogP contribution in [0.1, 0.15) is 45.5 Å². The lowest BCUT2D eigenvalue weighted by atomic mass is 9.98. The molecule has 2 atom stereocenters. The van der Waals surface area contributed by atoms with E-state index in [1.165, 1.54) is 6.07 Å². The average Bonchev–Trinajstić information content (AvgIpc) is 3.32. The van der Waals surface area contributed by atoms with Crippen molar-refractivity contribution in [2.75, 3.05) is 11.9 Å². The molecule has 8 heteroatoms. The largest absolute Gasteiger partial charge is 0.480 e. The van der Waals surface area contributed by atoms with Crippen LogP contribution in [0.4, 0.5) is 10.5 Å². The number of aryl methyl sites for hydroxylation is 1. The molecule has 0 unspecified atom stereocenters. The second kappa shape index (κ2) is 12.7. The van der Waals surface area contributed by atoms with Crippen LogP contribution in [0.3, 0.4) is 0 Å². The van der Waals surface area contributed by atoms with Gasteiger partial charge in [0.15, 0.2) is 6.04 Å². The molecule has 8 nitrogen and oxygen atoms in total. The highest BCUT2D eigenvalue weighted by Gasteiger charge is 2.30. The molecule has 1 aliphatic rings. The van der Waals surface area contributed by atoms with Gasteiger partial charge >= 0.3 is 12.1 Å². The summed E-state index contributed by atoms with van der Waals surface area (Å²) in [6.07, 6.45) is -1.38. The monoisotopic (exact) mass is 564 g/mol. The van der Waals surface area contributed by atoms with E-state index >= 15 is 0 Å². The number of rotatable bonds is 10. The van der Waals surface area contributed by atoms with Crippen LogP contribution in [0.15, 0.2) is 97.1 Å².